The molecular weight excluding hydrogens is 635 g/mol. The maximum absolute atomic E-state index is 2.41. The van der Waals surface area contributed by atoms with Crippen molar-refractivity contribution in [2.75, 3.05) is 4.90 Å². The SMILES string of the molecule is CC1(C)c2ccccc2-c2ccc(N(c3ccc(-c4ccccc4)cc3)c3ccc(-c4cccc5ccc6sc7ccccc7c6c45)cc3)cc21. The van der Waals surface area contributed by atoms with E-state index in [1.54, 1.807) is 0 Å². The van der Waals surface area contributed by atoms with Gasteiger partial charge in [-0.25, -0.2) is 0 Å². The molecule has 1 aliphatic rings. The van der Waals surface area contributed by atoms with E-state index in [0.29, 0.717) is 0 Å². The minimum absolute atomic E-state index is 0.0832. The monoisotopic (exact) mass is 669 g/mol. The van der Waals surface area contributed by atoms with Crippen LogP contribution in [0.3, 0.4) is 0 Å². The topological polar surface area (TPSA) is 3.24 Å². The molecule has 0 atom stereocenters. The van der Waals surface area contributed by atoms with Crippen LogP contribution in [0, 0.1) is 0 Å². The van der Waals surface area contributed by atoms with Crippen molar-refractivity contribution in [3.05, 3.63) is 187 Å². The van der Waals surface area contributed by atoms with E-state index in [-0.39, 0.29) is 5.41 Å². The molecule has 1 nitrogen and oxygen atoms in total. The van der Waals surface area contributed by atoms with Crippen molar-refractivity contribution in [1.29, 1.82) is 0 Å². The average molecular weight is 670 g/mol. The van der Waals surface area contributed by atoms with Gasteiger partial charge in [-0.3, -0.25) is 0 Å². The van der Waals surface area contributed by atoms with Crippen molar-refractivity contribution in [1.82, 2.24) is 0 Å². The Balaban J connectivity index is 1.11. The highest BCUT2D eigenvalue weighted by Crippen LogP contribution is 2.51. The van der Waals surface area contributed by atoms with E-state index >= 15 is 0 Å². The summed E-state index contributed by atoms with van der Waals surface area (Å²) in [6, 6.07) is 64.8. The van der Waals surface area contributed by atoms with Crippen LogP contribution in [0.25, 0.3) is 64.3 Å². The summed E-state index contributed by atoms with van der Waals surface area (Å²) in [6.45, 7) is 4.71. The molecule has 0 amide bonds. The molecule has 0 unspecified atom stereocenters. The highest BCUT2D eigenvalue weighted by molar-refractivity contribution is 7.26. The molecule has 242 valence electrons. The number of fused-ring (bicyclic) bond motifs is 8. The number of hydrogen-bond donors (Lipinski definition) is 0. The summed E-state index contributed by atoms with van der Waals surface area (Å²) in [5.41, 5.74) is 13.7. The first-order chi connectivity index (χ1) is 25.0. The largest absolute Gasteiger partial charge is 0.310 e. The van der Waals surface area contributed by atoms with Crippen LogP contribution in [-0.4, -0.2) is 0 Å². The lowest BCUT2D eigenvalue weighted by atomic mass is 9.82. The molecule has 8 aromatic carbocycles. The maximum Gasteiger partial charge on any atom is 0.0465 e. The lowest BCUT2D eigenvalue weighted by molar-refractivity contribution is 0.660. The summed E-state index contributed by atoms with van der Waals surface area (Å²) in [5.74, 6) is 0. The molecule has 0 radical (unpaired) electrons. The van der Waals surface area contributed by atoms with E-state index in [9.17, 15) is 0 Å². The van der Waals surface area contributed by atoms with Gasteiger partial charge in [0.2, 0.25) is 0 Å². The van der Waals surface area contributed by atoms with E-state index < -0.39 is 0 Å². The highest BCUT2D eigenvalue weighted by atomic mass is 32.1. The predicted molar refractivity (Wildman–Crippen MR) is 220 cm³/mol. The normalized spacial score (nSPS) is 13.1. The standard InChI is InChI=1S/C49H35NS/c1-49(2)43-17-8-6-14-40(43)41-29-28-38(31-44(41)49)50(36-24-19-33(20-25-36)32-11-4-3-5-12-32)37-26-21-34(22-27-37)39-16-10-13-35-23-30-46-48(47(35)39)42-15-7-9-18-45(42)51-46/h3-31H,1-2H3. The van der Waals surface area contributed by atoms with Crippen LogP contribution >= 0.6 is 11.3 Å². The van der Waals surface area contributed by atoms with Crippen LogP contribution in [0.4, 0.5) is 17.1 Å². The quantitative estimate of drug-likeness (QED) is 0.176. The van der Waals surface area contributed by atoms with Crippen LogP contribution in [0.5, 0.6) is 0 Å². The Morgan fingerprint density at radius 3 is 1.84 bits per heavy atom. The van der Waals surface area contributed by atoms with E-state index in [0.717, 1.165) is 17.1 Å². The summed E-state index contributed by atoms with van der Waals surface area (Å²) < 4.78 is 2.67. The molecular formula is C49H35NS. The second-order valence-corrected chi connectivity index (χ2v) is 15.2. The molecule has 0 aliphatic heterocycles. The number of benzene rings is 8. The number of rotatable bonds is 5. The van der Waals surface area contributed by atoms with Gasteiger partial charge in [0.15, 0.2) is 0 Å². The Bertz CT molecular complexity index is 2750. The maximum atomic E-state index is 2.41. The third kappa shape index (κ3) is 4.75. The third-order valence-corrected chi connectivity index (χ3v) is 12.0. The van der Waals surface area contributed by atoms with Crippen LogP contribution < -0.4 is 4.90 Å². The van der Waals surface area contributed by atoms with Crippen LogP contribution in [0.15, 0.2) is 176 Å². The Hall–Kier alpha value is -5.96. The van der Waals surface area contributed by atoms with Crippen molar-refractivity contribution in [3.63, 3.8) is 0 Å². The Labute approximate surface area is 302 Å². The van der Waals surface area contributed by atoms with E-state index in [1.807, 2.05) is 11.3 Å². The van der Waals surface area contributed by atoms with Crippen LogP contribution in [0.2, 0.25) is 0 Å². The van der Waals surface area contributed by atoms with E-state index in [2.05, 4.69) is 195 Å². The molecule has 0 bridgehead atoms. The minimum Gasteiger partial charge on any atom is -0.310 e. The summed E-state index contributed by atoms with van der Waals surface area (Å²) in [7, 11) is 0. The molecule has 1 heterocycles. The molecule has 0 saturated carbocycles. The third-order valence-electron chi connectivity index (χ3n) is 10.9. The molecule has 0 saturated heterocycles. The molecule has 0 N–H and O–H groups in total. The van der Waals surface area contributed by atoms with Gasteiger partial charge in [0.05, 0.1) is 0 Å². The van der Waals surface area contributed by atoms with Gasteiger partial charge < -0.3 is 4.90 Å². The number of nitrogens with zero attached hydrogens (tertiary/aromatic N) is 1. The summed E-state index contributed by atoms with van der Waals surface area (Å²) in [4.78, 5) is 2.41. The van der Waals surface area contributed by atoms with Gasteiger partial charge in [0.1, 0.15) is 0 Å². The Kier molecular flexibility index (Phi) is 6.78. The van der Waals surface area contributed by atoms with Gasteiger partial charge >= 0.3 is 0 Å². The first-order valence-electron chi connectivity index (χ1n) is 17.7. The summed E-state index contributed by atoms with van der Waals surface area (Å²) in [6.07, 6.45) is 0. The van der Waals surface area contributed by atoms with Gasteiger partial charge in [-0.1, -0.05) is 141 Å². The fourth-order valence-corrected chi connectivity index (χ4v) is 9.45. The molecule has 51 heavy (non-hydrogen) atoms. The zero-order chi connectivity index (χ0) is 34.1. The zero-order valence-electron chi connectivity index (χ0n) is 28.6. The second-order valence-electron chi connectivity index (χ2n) is 14.1. The lowest BCUT2D eigenvalue weighted by Gasteiger charge is -2.28. The molecule has 1 aliphatic carbocycles. The van der Waals surface area contributed by atoms with E-state index in [4.69, 9.17) is 0 Å². The zero-order valence-corrected chi connectivity index (χ0v) is 29.4. The van der Waals surface area contributed by atoms with Gasteiger partial charge in [0, 0.05) is 42.6 Å². The van der Waals surface area contributed by atoms with E-state index in [1.165, 1.54) is 75.5 Å². The molecule has 1 aromatic heterocycles. The van der Waals surface area contributed by atoms with Crippen molar-refractivity contribution < 1.29 is 0 Å². The Morgan fingerprint density at radius 1 is 0.412 bits per heavy atom. The number of thiophene rings is 1. The molecule has 2 heteroatoms. The van der Waals surface area contributed by atoms with Gasteiger partial charge in [-0.2, -0.15) is 0 Å². The first kappa shape index (κ1) is 29.9. The lowest BCUT2D eigenvalue weighted by Crippen LogP contribution is -2.16. The number of anilines is 3. The van der Waals surface area contributed by atoms with Gasteiger partial charge in [-0.15, -0.1) is 11.3 Å². The molecule has 10 rings (SSSR count). The van der Waals surface area contributed by atoms with Crippen LogP contribution in [-0.2, 0) is 5.41 Å². The van der Waals surface area contributed by atoms with Crippen molar-refractivity contribution in [2.45, 2.75) is 19.3 Å². The average Bonchev–Trinajstić information content (AvgIpc) is 3.68. The van der Waals surface area contributed by atoms with Crippen LogP contribution in [0.1, 0.15) is 25.0 Å². The number of hydrogen-bond acceptors (Lipinski definition) is 2. The molecule has 9 aromatic rings. The summed E-state index contributed by atoms with van der Waals surface area (Å²) in [5, 5.41) is 5.29. The molecule has 0 spiro atoms. The Morgan fingerprint density at radius 2 is 1.04 bits per heavy atom. The molecule has 0 fully saturated rings. The summed E-state index contributed by atoms with van der Waals surface area (Å²) >= 11 is 1.88. The van der Waals surface area contributed by atoms with Crippen molar-refractivity contribution >= 4 is 59.3 Å². The smallest absolute Gasteiger partial charge is 0.0465 e. The van der Waals surface area contributed by atoms with Crippen molar-refractivity contribution in [3.8, 4) is 33.4 Å². The second kappa shape index (κ2) is 11.6. The van der Waals surface area contributed by atoms with Gasteiger partial charge in [0.25, 0.3) is 0 Å². The van der Waals surface area contributed by atoms with Crippen molar-refractivity contribution in [2.24, 2.45) is 0 Å². The van der Waals surface area contributed by atoms with Gasteiger partial charge in [-0.05, 0) is 104 Å². The fraction of sp³-hybridized carbons (Fsp3) is 0.0612. The fourth-order valence-electron chi connectivity index (χ4n) is 8.34. The predicted octanol–water partition coefficient (Wildman–Crippen LogP) is 14.3. The highest BCUT2D eigenvalue weighted by Gasteiger charge is 2.35. The minimum atomic E-state index is -0.0832. The first-order valence-corrected chi connectivity index (χ1v) is 18.5.